The third-order valence-electron chi connectivity index (χ3n) is 3.50. The number of nitrogens with zero attached hydrogens (tertiary/aromatic N) is 2. The molecule has 3 rings (SSSR count). The van der Waals surface area contributed by atoms with E-state index in [1.807, 2.05) is 36.4 Å². The molecule has 5 nitrogen and oxygen atoms in total. The van der Waals surface area contributed by atoms with Gasteiger partial charge in [0.1, 0.15) is 17.6 Å². The van der Waals surface area contributed by atoms with Crippen molar-refractivity contribution in [2.45, 2.75) is 13.0 Å². The number of hydrogen-bond acceptors (Lipinski definition) is 5. The van der Waals surface area contributed by atoms with Crippen molar-refractivity contribution in [3.05, 3.63) is 77.6 Å². The van der Waals surface area contributed by atoms with Crippen molar-refractivity contribution < 1.29 is 13.5 Å². The van der Waals surface area contributed by atoms with Crippen LogP contribution in [0.25, 0.3) is 0 Å². The number of anilines is 1. The molecule has 0 spiro atoms. The van der Waals surface area contributed by atoms with Gasteiger partial charge < -0.3 is 14.5 Å². The molecule has 0 aliphatic heterocycles. The third kappa shape index (κ3) is 4.58. The van der Waals surface area contributed by atoms with E-state index in [1.165, 1.54) is 29.8 Å². The molecule has 3 aromatic rings. The average molecular weight is 337 g/mol. The second kappa shape index (κ2) is 7.97. The summed E-state index contributed by atoms with van der Waals surface area (Å²) >= 11 is 0. The minimum absolute atomic E-state index is 0.0562. The van der Waals surface area contributed by atoms with Crippen LogP contribution in [0.4, 0.5) is 10.3 Å². The van der Waals surface area contributed by atoms with E-state index in [0.717, 1.165) is 6.42 Å². The number of aromatic nitrogens is 1. The van der Waals surface area contributed by atoms with Gasteiger partial charge in [0.2, 0.25) is 17.5 Å². The van der Waals surface area contributed by atoms with Crippen molar-refractivity contribution in [3.63, 3.8) is 0 Å². The molecular formula is C19H16FN3O2. The van der Waals surface area contributed by atoms with Crippen LogP contribution in [0.5, 0.6) is 5.75 Å². The van der Waals surface area contributed by atoms with Crippen molar-refractivity contribution in [1.82, 2.24) is 4.98 Å². The molecule has 1 aromatic heterocycles. The lowest BCUT2D eigenvalue weighted by Gasteiger charge is -2.04. The molecule has 0 unspecified atom stereocenters. The monoisotopic (exact) mass is 337 g/mol. The lowest BCUT2D eigenvalue weighted by molar-refractivity contribution is 0.264. The molecule has 0 aliphatic carbocycles. The summed E-state index contributed by atoms with van der Waals surface area (Å²) in [7, 11) is 0. The first-order valence-corrected chi connectivity index (χ1v) is 7.80. The number of hydrogen-bond donors (Lipinski definition) is 1. The van der Waals surface area contributed by atoms with Gasteiger partial charge in [0.05, 0.1) is 0 Å². The van der Waals surface area contributed by atoms with E-state index >= 15 is 0 Å². The summed E-state index contributed by atoms with van der Waals surface area (Å²) in [6.07, 6.45) is 0.799. The van der Waals surface area contributed by atoms with E-state index in [1.54, 1.807) is 0 Å². The number of rotatable bonds is 7. The highest BCUT2D eigenvalue weighted by Gasteiger charge is 2.13. The van der Waals surface area contributed by atoms with Gasteiger partial charge in [-0.15, -0.1) is 0 Å². The van der Waals surface area contributed by atoms with Gasteiger partial charge in [-0.2, -0.15) is 10.2 Å². The molecule has 0 bridgehead atoms. The van der Waals surface area contributed by atoms with Gasteiger partial charge in [-0.3, -0.25) is 0 Å². The Morgan fingerprint density at radius 3 is 2.60 bits per heavy atom. The summed E-state index contributed by atoms with van der Waals surface area (Å²) in [5.41, 5.74) is 1.37. The number of halogens is 1. The standard InChI is InChI=1S/C19H16FN3O2/c20-15-6-8-16(9-7-15)24-13-18-23-17(12-21)19(25-18)22-11-10-14-4-2-1-3-5-14/h1-9,22H,10-11,13H2. The Morgan fingerprint density at radius 2 is 1.88 bits per heavy atom. The van der Waals surface area contributed by atoms with Crippen LogP contribution in [0, 0.1) is 17.1 Å². The van der Waals surface area contributed by atoms with E-state index in [-0.39, 0.29) is 24.0 Å². The molecule has 6 heteroatoms. The first kappa shape index (κ1) is 16.5. The van der Waals surface area contributed by atoms with Gasteiger partial charge in [0, 0.05) is 6.54 Å². The summed E-state index contributed by atoms with van der Waals surface area (Å²) < 4.78 is 23.9. The Balaban J connectivity index is 1.57. The van der Waals surface area contributed by atoms with Crippen LogP contribution in [0.15, 0.2) is 59.0 Å². The summed E-state index contributed by atoms with van der Waals surface area (Å²) in [6, 6.07) is 17.6. The quantitative estimate of drug-likeness (QED) is 0.707. The van der Waals surface area contributed by atoms with Gasteiger partial charge in [-0.1, -0.05) is 30.3 Å². The lowest BCUT2D eigenvalue weighted by atomic mass is 10.1. The van der Waals surface area contributed by atoms with Crippen molar-refractivity contribution >= 4 is 5.88 Å². The maximum atomic E-state index is 12.9. The SMILES string of the molecule is N#Cc1nc(COc2ccc(F)cc2)oc1NCCc1ccccc1. The van der Waals surface area contributed by atoms with Crippen LogP contribution >= 0.6 is 0 Å². The zero-order valence-corrected chi connectivity index (χ0v) is 13.4. The zero-order valence-electron chi connectivity index (χ0n) is 13.4. The van der Waals surface area contributed by atoms with Crippen LogP contribution in [-0.4, -0.2) is 11.5 Å². The van der Waals surface area contributed by atoms with Crippen LogP contribution < -0.4 is 10.1 Å². The second-order valence-electron chi connectivity index (χ2n) is 5.30. The molecule has 0 atom stereocenters. The molecule has 1 heterocycles. The predicted molar refractivity (Wildman–Crippen MR) is 90.6 cm³/mol. The summed E-state index contributed by atoms with van der Waals surface area (Å²) in [5, 5.41) is 12.3. The number of ether oxygens (including phenoxy) is 1. The normalized spacial score (nSPS) is 10.2. The minimum atomic E-state index is -0.333. The molecule has 25 heavy (non-hydrogen) atoms. The molecule has 2 aromatic carbocycles. The molecule has 0 amide bonds. The molecule has 0 saturated heterocycles. The van der Waals surface area contributed by atoms with Crippen molar-refractivity contribution in [2.24, 2.45) is 0 Å². The highest BCUT2D eigenvalue weighted by atomic mass is 19.1. The van der Waals surface area contributed by atoms with Gasteiger partial charge in [-0.05, 0) is 36.2 Å². The smallest absolute Gasteiger partial charge is 0.236 e. The van der Waals surface area contributed by atoms with E-state index in [4.69, 9.17) is 14.4 Å². The van der Waals surface area contributed by atoms with Crippen LogP contribution in [0.3, 0.4) is 0 Å². The van der Waals surface area contributed by atoms with Crippen molar-refractivity contribution in [3.8, 4) is 11.8 Å². The van der Waals surface area contributed by atoms with E-state index in [9.17, 15) is 4.39 Å². The summed E-state index contributed by atoms with van der Waals surface area (Å²) in [4.78, 5) is 4.10. The first-order chi connectivity index (χ1) is 12.2. The average Bonchev–Trinajstić information content (AvgIpc) is 3.04. The Labute approximate surface area is 144 Å². The third-order valence-corrected chi connectivity index (χ3v) is 3.50. The fraction of sp³-hybridized carbons (Fsp3) is 0.158. The number of oxazole rings is 1. The largest absolute Gasteiger partial charge is 0.484 e. The predicted octanol–water partition coefficient (Wildman–Crippen LogP) is 3.92. The Morgan fingerprint density at radius 1 is 1.12 bits per heavy atom. The number of benzene rings is 2. The molecule has 0 saturated carbocycles. The highest BCUT2D eigenvalue weighted by molar-refractivity contribution is 5.45. The summed E-state index contributed by atoms with van der Waals surface area (Å²) in [6.45, 7) is 0.673. The topological polar surface area (TPSA) is 71.1 Å². The van der Waals surface area contributed by atoms with Crippen LogP contribution in [0.2, 0.25) is 0 Å². The zero-order chi connectivity index (χ0) is 17.5. The maximum absolute atomic E-state index is 12.9. The van der Waals surface area contributed by atoms with E-state index in [2.05, 4.69) is 10.3 Å². The molecule has 0 aliphatic rings. The molecule has 0 fully saturated rings. The second-order valence-corrected chi connectivity index (χ2v) is 5.30. The van der Waals surface area contributed by atoms with Gasteiger partial charge >= 0.3 is 0 Å². The van der Waals surface area contributed by atoms with Gasteiger partial charge in [-0.25, -0.2) is 4.39 Å². The molecular weight excluding hydrogens is 321 g/mol. The molecule has 1 N–H and O–H groups in total. The molecule has 126 valence electrons. The molecule has 0 radical (unpaired) electrons. The van der Waals surface area contributed by atoms with Crippen molar-refractivity contribution in [2.75, 3.05) is 11.9 Å². The number of nitrogens with one attached hydrogen (secondary N) is 1. The maximum Gasteiger partial charge on any atom is 0.236 e. The van der Waals surface area contributed by atoms with E-state index < -0.39 is 0 Å². The van der Waals surface area contributed by atoms with Crippen LogP contribution in [-0.2, 0) is 13.0 Å². The fourth-order valence-corrected chi connectivity index (χ4v) is 2.26. The Hall–Kier alpha value is -3.33. The minimum Gasteiger partial charge on any atom is -0.484 e. The number of nitriles is 1. The summed E-state index contributed by atoms with van der Waals surface area (Å²) in [5.74, 6) is 0.774. The van der Waals surface area contributed by atoms with Crippen LogP contribution in [0.1, 0.15) is 17.1 Å². The Bertz CT molecular complexity index is 855. The first-order valence-electron chi connectivity index (χ1n) is 7.80. The van der Waals surface area contributed by atoms with Crippen molar-refractivity contribution in [1.29, 1.82) is 5.26 Å². The lowest BCUT2D eigenvalue weighted by Crippen LogP contribution is -2.05. The highest BCUT2D eigenvalue weighted by Crippen LogP contribution is 2.19. The van der Waals surface area contributed by atoms with Gasteiger partial charge in [0.25, 0.3) is 0 Å². The Kier molecular flexibility index (Phi) is 5.27. The fourth-order valence-electron chi connectivity index (χ4n) is 2.26. The van der Waals surface area contributed by atoms with Gasteiger partial charge in [0.15, 0.2) is 6.61 Å². The van der Waals surface area contributed by atoms with E-state index in [0.29, 0.717) is 18.2 Å².